The molecule has 0 saturated heterocycles. The second kappa shape index (κ2) is 16.2. The number of carbonyl (C=O) groups is 2. The molecule has 0 saturated carbocycles. The van der Waals surface area contributed by atoms with E-state index in [4.69, 9.17) is 10.5 Å². The molecule has 3 aromatic rings. The lowest BCUT2D eigenvalue weighted by Crippen LogP contribution is -2.49. The number of ether oxygens (including phenoxy) is 1. The molecular weight excluding hydrogens is 611 g/mol. The van der Waals surface area contributed by atoms with Crippen LogP contribution >= 0.6 is 0 Å². The number of halogens is 1. The molecule has 3 rings (SSSR count). The van der Waals surface area contributed by atoms with Crippen LogP contribution in [0, 0.1) is 11.7 Å². The van der Waals surface area contributed by atoms with E-state index >= 15 is 0 Å². The van der Waals surface area contributed by atoms with Gasteiger partial charge in [0.1, 0.15) is 17.5 Å². The minimum Gasteiger partial charge on any atom is -0.444 e. The summed E-state index contributed by atoms with van der Waals surface area (Å²) in [4.78, 5) is 25.7. The van der Waals surface area contributed by atoms with Crippen LogP contribution in [0.3, 0.4) is 0 Å². The van der Waals surface area contributed by atoms with Gasteiger partial charge in [-0.25, -0.2) is 17.6 Å². The zero-order chi connectivity index (χ0) is 34.1. The minimum absolute atomic E-state index is 0.0567. The van der Waals surface area contributed by atoms with E-state index in [1.165, 1.54) is 16.4 Å². The Morgan fingerprint density at radius 3 is 2.35 bits per heavy atom. The van der Waals surface area contributed by atoms with Crippen molar-refractivity contribution in [2.45, 2.75) is 82.9 Å². The number of nitrogens with one attached hydrogen (secondary N) is 2. The Hall–Kier alpha value is -3.74. The number of nitrogen functional groups attached to an aromatic ring is 1. The number of rotatable bonds is 15. The lowest BCUT2D eigenvalue weighted by Gasteiger charge is -2.31. The number of aliphatic hydroxyl groups excluding tert-OH is 1. The molecule has 0 bridgehead atoms. The Kier molecular flexibility index (Phi) is 12.9. The first-order valence-electron chi connectivity index (χ1n) is 15.5. The molecule has 0 aliphatic carbocycles. The maximum Gasteiger partial charge on any atom is 0.408 e. The Morgan fingerprint density at radius 1 is 1.02 bits per heavy atom. The molecule has 0 aliphatic rings. The molecule has 0 aliphatic heterocycles. The van der Waals surface area contributed by atoms with Crippen LogP contribution in [0.15, 0.2) is 65.6 Å². The molecule has 3 aromatic carbocycles. The number of nitrogens with two attached hydrogens (primary N) is 1. The van der Waals surface area contributed by atoms with Crippen molar-refractivity contribution < 1.29 is 32.2 Å². The normalized spacial score (nSPS) is 13.5. The minimum atomic E-state index is -4.13. The number of aliphatic hydroxyl groups is 1. The van der Waals surface area contributed by atoms with Crippen LogP contribution in [0.1, 0.15) is 59.4 Å². The highest BCUT2D eigenvalue weighted by Gasteiger charge is 2.32. The molecule has 0 spiro atoms. The fraction of sp³-hybridized carbons (Fsp3) is 0.471. The van der Waals surface area contributed by atoms with Crippen molar-refractivity contribution in [2.75, 3.05) is 25.4 Å². The first-order chi connectivity index (χ1) is 21.6. The molecule has 2 amide bonds. The van der Waals surface area contributed by atoms with E-state index in [9.17, 15) is 27.5 Å². The second-order valence-electron chi connectivity index (χ2n) is 12.9. The predicted octanol–water partition coefficient (Wildman–Crippen LogP) is 4.99. The molecule has 0 fully saturated rings. The maximum atomic E-state index is 14.1. The van der Waals surface area contributed by atoms with Crippen molar-refractivity contribution in [3.63, 3.8) is 0 Å². The van der Waals surface area contributed by atoms with Crippen molar-refractivity contribution in [1.29, 1.82) is 0 Å². The second-order valence-corrected chi connectivity index (χ2v) is 14.8. The third-order valence-electron chi connectivity index (χ3n) is 7.27. The monoisotopic (exact) mass is 658 g/mol. The lowest BCUT2D eigenvalue weighted by molar-refractivity contribution is -0.123. The van der Waals surface area contributed by atoms with Gasteiger partial charge >= 0.3 is 6.09 Å². The highest BCUT2D eigenvalue weighted by Crippen LogP contribution is 2.25. The number of hydrogen-bond donors (Lipinski definition) is 4. The van der Waals surface area contributed by atoms with Gasteiger partial charge in [0, 0.05) is 25.6 Å². The molecular formula is C34H47FN4O6S. The van der Waals surface area contributed by atoms with Crippen LogP contribution in [-0.4, -0.2) is 67.2 Å². The van der Waals surface area contributed by atoms with Crippen LogP contribution < -0.4 is 16.4 Å². The number of alkyl carbamates (subject to hydrolysis) is 1. The molecule has 0 radical (unpaired) electrons. The summed E-state index contributed by atoms with van der Waals surface area (Å²) in [6, 6.07) is 15.4. The molecule has 2 atom stereocenters. The third kappa shape index (κ3) is 10.7. The van der Waals surface area contributed by atoms with E-state index in [0.717, 1.165) is 22.4 Å². The Labute approximate surface area is 271 Å². The summed E-state index contributed by atoms with van der Waals surface area (Å²) in [5.74, 6) is -1.27. The van der Waals surface area contributed by atoms with Crippen LogP contribution in [-0.2, 0) is 26.0 Å². The van der Waals surface area contributed by atoms with E-state index in [-0.39, 0.29) is 41.9 Å². The van der Waals surface area contributed by atoms with Gasteiger partial charge in [-0.15, -0.1) is 0 Å². The number of nitrogens with zero attached hydrogens (tertiary/aromatic N) is 1. The van der Waals surface area contributed by atoms with Crippen LogP contribution in [0.5, 0.6) is 0 Å². The molecule has 0 unspecified atom stereocenters. The molecule has 12 heteroatoms. The smallest absolute Gasteiger partial charge is 0.408 e. The summed E-state index contributed by atoms with van der Waals surface area (Å²) in [5, 5.41) is 17.8. The molecule has 252 valence electrons. The highest BCUT2D eigenvalue weighted by atomic mass is 32.2. The highest BCUT2D eigenvalue weighted by molar-refractivity contribution is 7.89. The zero-order valence-corrected chi connectivity index (χ0v) is 28.1. The van der Waals surface area contributed by atoms with Crippen molar-refractivity contribution in [2.24, 2.45) is 5.92 Å². The van der Waals surface area contributed by atoms with Gasteiger partial charge in [-0.05, 0) is 74.1 Å². The number of benzene rings is 3. The quantitative estimate of drug-likeness (QED) is 0.133. The molecule has 5 N–H and O–H groups in total. The van der Waals surface area contributed by atoms with Gasteiger partial charge in [-0.1, -0.05) is 62.7 Å². The molecule has 46 heavy (non-hydrogen) atoms. The van der Waals surface area contributed by atoms with Gasteiger partial charge in [0.05, 0.1) is 17.2 Å². The topological polar surface area (TPSA) is 151 Å². The fourth-order valence-corrected chi connectivity index (χ4v) is 6.86. The van der Waals surface area contributed by atoms with Crippen molar-refractivity contribution in [3.05, 3.63) is 72.0 Å². The maximum absolute atomic E-state index is 14.1. The number of carbonyl (C=O) groups excluding carboxylic acids is 2. The molecule has 10 nitrogen and oxygen atoms in total. The lowest BCUT2D eigenvalue weighted by atomic mass is 10.0. The number of fused-ring (bicyclic) bond motifs is 1. The Morgan fingerprint density at radius 2 is 1.72 bits per heavy atom. The van der Waals surface area contributed by atoms with Crippen molar-refractivity contribution >= 4 is 38.5 Å². The van der Waals surface area contributed by atoms with E-state index < -0.39 is 46.2 Å². The zero-order valence-electron chi connectivity index (χ0n) is 27.3. The number of amides is 2. The average Bonchev–Trinajstić information content (AvgIpc) is 2.97. The summed E-state index contributed by atoms with van der Waals surface area (Å²) < 4.78 is 47.7. The van der Waals surface area contributed by atoms with Gasteiger partial charge in [-0.3, -0.25) is 4.79 Å². The Balaban J connectivity index is 1.65. The number of sulfonamides is 1. The van der Waals surface area contributed by atoms with E-state index in [1.54, 1.807) is 20.8 Å². The predicted molar refractivity (Wildman–Crippen MR) is 178 cm³/mol. The van der Waals surface area contributed by atoms with Gasteiger partial charge in [0.25, 0.3) is 0 Å². The molecule has 0 aromatic heterocycles. The summed E-state index contributed by atoms with van der Waals surface area (Å²) >= 11 is 0. The van der Waals surface area contributed by atoms with Gasteiger partial charge < -0.3 is 26.2 Å². The van der Waals surface area contributed by atoms with E-state index in [0.29, 0.717) is 19.3 Å². The van der Waals surface area contributed by atoms with Crippen molar-refractivity contribution in [1.82, 2.24) is 14.9 Å². The SMILES string of the molecule is CC(C)CN([C@H](CO)CCCCNC(=O)[C@H](Cc1ccc2ccccc2c1)NC(=O)OC(C)(C)C)S(=O)(=O)c1ccc(N)c(F)c1. The number of hydrogen-bond acceptors (Lipinski definition) is 7. The summed E-state index contributed by atoms with van der Waals surface area (Å²) in [6.07, 6.45) is 0.832. The fourth-order valence-electron chi connectivity index (χ4n) is 5.03. The summed E-state index contributed by atoms with van der Waals surface area (Å²) in [7, 11) is -4.13. The average molecular weight is 659 g/mol. The molecule has 0 heterocycles. The summed E-state index contributed by atoms with van der Waals surface area (Å²) in [6.45, 7) is 8.91. The number of anilines is 1. The van der Waals surface area contributed by atoms with Gasteiger partial charge in [0.15, 0.2) is 0 Å². The first kappa shape index (κ1) is 36.7. The summed E-state index contributed by atoms with van der Waals surface area (Å²) in [5.41, 5.74) is 5.51. The third-order valence-corrected chi connectivity index (χ3v) is 9.18. The number of unbranched alkanes of at least 4 members (excludes halogenated alkanes) is 1. The van der Waals surface area contributed by atoms with Crippen LogP contribution in [0.25, 0.3) is 10.8 Å². The first-order valence-corrected chi connectivity index (χ1v) is 17.0. The van der Waals surface area contributed by atoms with Gasteiger partial charge in [0.2, 0.25) is 15.9 Å². The van der Waals surface area contributed by atoms with Crippen LogP contribution in [0.2, 0.25) is 0 Å². The van der Waals surface area contributed by atoms with E-state index in [2.05, 4.69) is 10.6 Å². The van der Waals surface area contributed by atoms with E-state index in [1.807, 2.05) is 56.3 Å². The van der Waals surface area contributed by atoms with Crippen molar-refractivity contribution in [3.8, 4) is 0 Å². The van der Waals surface area contributed by atoms with Crippen LogP contribution in [0.4, 0.5) is 14.9 Å². The Bertz CT molecular complexity index is 1590. The standard InChI is InChI=1S/C34H47FN4O6S/c1-23(2)21-39(46(43,44)28-15-16-30(36)29(35)20-28)27(22-40)12-8-9-17-37-32(41)31(38-33(42)45-34(3,4)5)19-24-13-14-25-10-6-7-11-26(25)18-24/h6-7,10-11,13-16,18,20,23,27,31,40H,8-9,12,17,19,21-22,36H2,1-5H3,(H,37,41)(H,38,42)/t27-,31-/m0/s1. The largest absolute Gasteiger partial charge is 0.444 e. The van der Waals surface area contributed by atoms with Gasteiger partial charge in [-0.2, -0.15) is 4.31 Å².